The van der Waals surface area contributed by atoms with Gasteiger partial charge in [-0.05, 0) is 18.9 Å². The van der Waals surface area contributed by atoms with Gasteiger partial charge >= 0.3 is 12.1 Å². The first kappa shape index (κ1) is 16.3. The number of benzene rings is 1. The van der Waals surface area contributed by atoms with Gasteiger partial charge < -0.3 is 19.5 Å². The maximum Gasteiger partial charge on any atom is 0.410 e. The lowest BCUT2D eigenvalue weighted by Crippen LogP contribution is -2.49. The Bertz CT molecular complexity index is 505. The van der Waals surface area contributed by atoms with Crippen molar-refractivity contribution in [2.24, 2.45) is 5.92 Å². The monoisotopic (exact) mass is 307 g/mol. The summed E-state index contributed by atoms with van der Waals surface area (Å²) in [4.78, 5) is 25.1. The number of rotatable bonds is 4. The molecule has 1 aliphatic rings. The maximum atomic E-state index is 12.0. The van der Waals surface area contributed by atoms with Crippen molar-refractivity contribution in [1.29, 1.82) is 0 Å². The third kappa shape index (κ3) is 4.21. The molecule has 1 fully saturated rings. The van der Waals surface area contributed by atoms with E-state index in [1.54, 1.807) is 6.92 Å². The molecular formula is C16H21NO5. The molecule has 0 saturated carbocycles. The summed E-state index contributed by atoms with van der Waals surface area (Å²) in [6.07, 6.45) is -1.03. The van der Waals surface area contributed by atoms with Crippen LogP contribution in [0.15, 0.2) is 30.3 Å². The molecule has 6 nitrogen and oxygen atoms in total. The van der Waals surface area contributed by atoms with Gasteiger partial charge in [0.25, 0.3) is 0 Å². The van der Waals surface area contributed by atoms with Gasteiger partial charge in [-0.2, -0.15) is 0 Å². The molecule has 1 amide bonds. The van der Waals surface area contributed by atoms with E-state index in [0.29, 0.717) is 13.0 Å². The predicted octanol–water partition coefficient (Wildman–Crippen LogP) is 1.57. The largest absolute Gasteiger partial charge is 0.466 e. The van der Waals surface area contributed by atoms with Crippen LogP contribution >= 0.6 is 0 Å². The van der Waals surface area contributed by atoms with Crippen LogP contribution in [0, 0.1) is 5.92 Å². The third-order valence-corrected chi connectivity index (χ3v) is 3.63. The quantitative estimate of drug-likeness (QED) is 0.855. The summed E-state index contributed by atoms with van der Waals surface area (Å²) in [6.45, 7) is 2.64. The molecule has 2 atom stereocenters. The summed E-state index contributed by atoms with van der Waals surface area (Å²) in [5.41, 5.74) is 0.901. The Morgan fingerprint density at radius 2 is 2.00 bits per heavy atom. The molecule has 6 heteroatoms. The highest BCUT2D eigenvalue weighted by Crippen LogP contribution is 2.20. The molecule has 2 rings (SSSR count). The van der Waals surface area contributed by atoms with Gasteiger partial charge in [-0.25, -0.2) is 4.79 Å². The second-order valence-electron chi connectivity index (χ2n) is 5.20. The molecule has 1 aromatic rings. The minimum absolute atomic E-state index is 0.0805. The number of amides is 1. The van der Waals surface area contributed by atoms with E-state index >= 15 is 0 Å². The first-order valence-corrected chi connectivity index (χ1v) is 7.42. The van der Waals surface area contributed by atoms with Crippen molar-refractivity contribution in [2.45, 2.75) is 26.1 Å². The highest BCUT2D eigenvalue weighted by molar-refractivity contribution is 5.74. The third-order valence-electron chi connectivity index (χ3n) is 3.63. The van der Waals surface area contributed by atoms with E-state index in [9.17, 15) is 14.7 Å². The number of piperidine rings is 1. The Morgan fingerprint density at radius 3 is 2.64 bits per heavy atom. The van der Waals surface area contributed by atoms with Crippen LogP contribution in [-0.2, 0) is 20.9 Å². The standard InChI is InChI=1S/C16H21NO5/c1-2-21-15(19)13-8-9-17(10-14(13)18)16(20)22-11-12-6-4-3-5-7-12/h3-7,13-14,18H,2,8-11H2,1H3. The number of aliphatic hydroxyl groups excluding tert-OH is 1. The van der Waals surface area contributed by atoms with Crippen LogP contribution in [0.1, 0.15) is 18.9 Å². The van der Waals surface area contributed by atoms with Gasteiger partial charge in [0.2, 0.25) is 0 Å². The Labute approximate surface area is 129 Å². The molecule has 1 heterocycles. The van der Waals surface area contributed by atoms with E-state index < -0.39 is 24.1 Å². The van der Waals surface area contributed by atoms with Crippen molar-refractivity contribution in [3.05, 3.63) is 35.9 Å². The van der Waals surface area contributed by atoms with E-state index in [1.807, 2.05) is 30.3 Å². The second kappa shape index (κ2) is 7.79. The Hall–Kier alpha value is -2.08. The molecule has 2 unspecified atom stereocenters. The molecule has 1 aliphatic heterocycles. The van der Waals surface area contributed by atoms with Gasteiger partial charge in [0.1, 0.15) is 6.61 Å². The number of esters is 1. The topological polar surface area (TPSA) is 76.1 Å². The van der Waals surface area contributed by atoms with Gasteiger partial charge in [-0.15, -0.1) is 0 Å². The van der Waals surface area contributed by atoms with Gasteiger partial charge in [-0.3, -0.25) is 4.79 Å². The average molecular weight is 307 g/mol. The molecule has 1 saturated heterocycles. The fraction of sp³-hybridized carbons (Fsp3) is 0.500. The summed E-state index contributed by atoms with van der Waals surface area (Å²) in [5, 5.41) is 10.0. The summed E-state index contributed by atoms with van der Waals surface area (Å²) in [5.74, 6) is -0.981. The van der Waals surface area contributed by atoms with Crippen molar-refractivity contribution in [2.75, 3.05) is 19.7 Å². The molecule has 0 aliphatic carbocycles. The highest BCUT2D eigenvalue weighted by atomic mass is 16.6. The number of carbonyl (C=O) groups excluding carboxylic acids is 2. The minimum atomic E-state index is -0.919. The number of carbonyl (C=O) groups is 2. The molecule has 0 radical (unpaired) electrons. The number of aliphatic hydroxyl groups is 1. The fourth-order valence-corrected chi connectivity index (χ4v) is 2.43. The fourth-order valence-electron chi connectivity index (χ4n) is 2.43. The number of hydrogen-bond acceptors (Lipinski definition) is 5. The lowest BCUT2D eigenvalue weighted by atomic mass is 9.94. The van der Waals surface area contributed by atoms with Crippen LogP contribution in [-0.4, -0.2) is 47.9 Å². The number of ether oxygens (including phenoxy) is 2. The average Bonchev–Trinajstić information content (AvgIpc) is 2.53. The zero-order chi connectivity index (χ0) is 15.9. The van der Waals surface area contributed by atoms with Gasteiger partial charge in [0, 0.05) is 6.54 Å². The van der Waals surface area contributed by atoms with E-state index in [-0.39, 0.29) is 19.8 Å². The second-order valence-corrected chi connectivity index (χ2v) is 5.20. The van der Waals surface area contributed by atoms with Gasteiger partial charge in [0.05, 0.1) is 25.2 Å². The van der Waals surface area contributed by atoms with Crippen LogP contribution in [0.5, 0.6) is 0 Å². The van der Waals surface area contributed by atoms with Crippen LogP contribution in [0.25, 0.3) is 0 Å². The Kier molecular flexibility index (Phi) is 5.77. The van der Waals surface area contributed by atoms with Crippen molar-refractivity contribution in [1.82, 2.24) is 4.90 Å². The van der Waals surface area contributed by atoms with E-state index in [2.05, 4.69) is 0 Å². The molecule has 0 bridgehead atoms. The zero-order valence-electron chi connectivity index (χ0n) is 12.6. The van der Waals surface area contributed by atoms with E-state index in [1.165, 1.54) is 4.90 Å². The van der Waals surface area contributed by atoms with E-state index in [0.717, 1.165) is 5.56 Å². The molecule has 120 valence electrons. The summed E-state index contributed by atoms with van der Waals surface area (Å²) >= 11 is 0. The Balaban J connectivity index is 1.82. The number of β-amino-alcohol motifs (C(OH)–C–C–N with tert-alkyl or cyclic N) is 1. The summed E-state index contributed by atoms with van der Waals surface area (Å²) in [7, 11) is 0. The number of hydrogen-bond donors (Lipinski definition) is 1. The van der Waals surface area contributed by atoms with Crippen molar-refractivity contribution < 1.29 is 24.2 Å². The van der Waals surface area contributed by atoms with Crippen molar-refractivity contribution in [3.8, 4) is 0 Å². The predicted molar refractivity (Wildman–Crippen MR) is 78.9 cm³/mol. The molecule has 0 aromatic heterocycles. The normalized spacial score (nSPS) is 21.3. The minimum Gasteiger partial charge on any atom is -0.466 e. The van der Waals surface area contributed by atoms with Gasteiger partial charge in [-0.1, -0.05) is 30.3 Å². The van der Waals surface area contributed by atoms with Crippen LogP contribution in [0.3, 0.4) is 0 Å². The van der Waals surface area contributed by atoms with Gasteiger partial charge in [0.15, 0.2) is 0 Å². The smallest absolute Gasteiger partial charge is 0.410 e. The zero-order valence-corrected chi connectivity index (χ0v) is 12.6. The molecule has 1 aromatic carbocycles. The lowest BCUT2D eigenvalue weighted by molar-refractivity contribution is -0.154. The first-order chi connectivity index (χ1) is 10.6. The Morgan fingerprint density at radius 1 is 1.27 bits per heavy atom. The first-order valence-electron chi connectivity index (χ1n) is 7.42. The number of likely N-dealkylation sites (tertiary alicyclic amines) is 1. The lowest BCUT2D eigenvalue weighted by Gasteiger charge is -2.33. The van der Waals surface area contributed by atoms with Crippen molar-refractivity contribution >= 4 is 12.1 Å². The SMILES string of the molecule is CCOC(=O)C1CCN(C(=O)OCc2ccccc2)CC1O. The van der Waals surface area contributed by atoms with Crippen LogP contribution < -0.4 is 0 Å². The maximum absolute atomic E-state index is 12.0. The molecule has 0 spiro atoms. The van der Waals surface area contributed by atoms with Crippen LogP contribution in [0.4, 0.5) is 4.79 Å². The van der Waals surface area contributed by atoms with Crippen LogP contribution in [0.2, 0.25) is 0 Å². The van der Waals surface area contributed by atoms with Crippen molar-refractivity contribution in [3.63, 3.8) is 0 Å². The highest BCUT2D eigenvalue weighted by Gasteiger charge is 2.36. The molecule has 1 N–H and O–H groups in total. The summed E-state index contributed by atoms with van der Waals surface area (Å²) in [6, 6.07) is 9.38. The molecule has 22 heavy (non-hydrogen) atoms. The summed E-state index contributed by atoms with van der Waals surface area (Å²) < 4.78 is 10.1. The number of nitrogens with zero attached hydrogens (tertiary/aromatic N) is 1. The molecular weight excluding hydrogens is 286 g/mol. The van der Waals surface area contributed by atoms with E-state index in [4.69, 9.17) is 9.47 Å².